The van der Waals surface area contributed by atoms with Gasteiger partial charge in [0.05, 0.1) is 11.1 Å². The topological polar surface area (TPSA) is 79.2 Å². The third-order valence-corrected chi connectivity index (χ3v) is 4.87. The van der Waals surface area contributed by atoms with E-state index in [0.29, 0.717) is 16.1 Å². The molecule has 1 N–H and O–H groups in total. The molecule has 0 bridgehead atoms. The molecule has 0 aliphatic carbocycles. The molecule has 2 aromatic rings. The van der Waals surface area contributed by atoms with Crippen LogP contribution >= 0.6 is 23.1 Å². The Morgan fingerprint density at radius 3 is 2.83 bits per heavy atom. The van der Waals surface area contributed by atoms with E-state index in [9.17, 15) is 9.59 Å². The molecule has 0 spiro atoms. The van der Waals surface area contributed by atoms with E-state index in [-0.39, 0.29) is 0 Å². The third kappa shape index (κ3) is 4.37. The van der Waals surface area contributed by atoms with Gasteiger partial charge in [-0.3, -0.25) is 4.79 Å². The third-order valence-electron chi connectivity index (χ3n) is 3.08. The Bertz CT molecular complexity index is 780. The number of esters is 1. The highest BCUT2D eigenvalue weighted by Crippen LogP contribution is 2.24. The van der Waals surface area contributed by atoms with Gasteiger partial charge in [-0.05, 0) is 36.3 Å². The molecule has 0 aliphatic rings. The van der Waals surface area contributed by atoms with E-state index >= 15 is 0 Å². The van der Waals surface area contributed by atoms with Gasteiger partial charge in [-0.2, -0.15) is 5.26 Å². The highest BCUT2D eigenvalue weighted by molar-refractivity contribution is 7.99. The number of anilines is 1. The number of amides is 1. The Balaban J connectivity index is 2.04. The van der Waals surface area contributed by atoms with Crippen LogP contribution < -0.4 is 5.32 Å². The zero-order valence-electron chi connectivity index (χ0n) is 13.2. The maximum atomic E-state index is 12.3. The summed E-state index contributed by atoms with van der Waals surface area (Å²) in [6.07, 6.45) is -0.967. The van der Waals surface area contributed by atoms with Gasteiger partial charge in [0.15, 0.2) is 6.10 Å². The lowest BCUT2D eigenvalue weighted by atomic mass is 10.2. The molecule has 0 unspecified atom stereocenters. The number of hydrogen-bond acceptors (Lipinski definition) is 6. The molecule has 1 amide bonds. The number of benzene rings is 1. The van der Waals surface area contributed by atoms with Crippen molar-refractivity contribution in [2.24, 2.45) is 0 Å². The minimum atomic E-state index is -0.967. The van der Waals surface area contributed by atoms with Crippen molar-refractivity contribution < 1.29 is 14.3 Å². The van der Waals surface area contributed by atoms with Crippen molar-refractivity contribution >= 4 is 40.0 Å². The predicted octanol–water partition coefficient (Wildman–Crippen LogP) is 3.92. The standard InChI is InChI=1S/C17H16N2O3S2/c1-3-23-14-7-5-4-6-13(14)17(21)22-11(2)15(20)19-16-12(10-18)8-9-24-16/h4-9,11H,3H2,1-2H3,(H,19,20)/t11-/m1/s1. The van der Waals surface area contributed by atoms with Gasteiger partial charge in [-0.15, -0.1) is 23.1 Å². The summed E-state index contributed by atoms with van der Waals surface area (Å²) in [7, 11) is 0. The number of carbonyl (C=O) groups is 2. The molecule has 5 nitrogen and oxygen atoms in total. The van der Waals surface area contributed by atoms with Crippen LogP contribution in [-0.2, 0) is 9.53 Å². The van der Waals surface area contributed by atoms with Gasteiger partial charge < -0.3 is 10.1 Å². The second kappa shape index (κ2) is 8.52. The molecule has 1 heterocycles. The van der Waals surface area contributed by atoms with Gasteiger partial charge in [0.25, 0.3) is 5.91 Å². The van der Waals surface area contributed by atoms with Gasteiger partial charge in [0.1, 0.15) is 11.1 Å². The van der Waals surface area contributed by atoms with Crippen LogP contribution in [0.15, 0.2) is 40.6 Å². The largest absolute Gasteiger partial charge is 0.449 e. The maximum Gasteiger partial charge on any atom is 0.340 e. The van der Waals surface area contributed by atoms with Crippen LogP contribution in [0.2, 0.25) is 0 Å². The normalized spacial score (nSPS) is 11.4. The predicted molar refractivity (Wildman–Crippen MR) is 95.4 cm³/mol. The lowest BCUT2D eigenvalue weighted by Crippen LogP contribution is -2.30. The fourth-order valence-electron chi connectivity index (χ4n) is 1.90. The van der Waals surface area contributed by atoms with Crippen molar-refractivity contribution in [3.8, 4) is 6.07 Å². The monoisotopic (exact) mass is 360 g/mol. The molecule has 0 saturated carbocycles. The minimum absolute atomic E-state index is 0.386. The summed E-state index contributed by atoms with van der Waals surface area (Å²) in [6.45, 7) is 3.50. The Labute approximate surface area is 148 Å². The number of ether oxygens (including phenoxy) is 1. The molecule has 2 rings (SSSR count). The highest BCUT2D eigenvalue weighted by Gasteiger charge is 2.21. The number of hydrogen-bond donors (Lipinski definition) is 1. The van der Waals surface area contributed by atoms with Crippen LogP contribution in [0.1, 0.15) is 29.8 Å². The van der Waals surface area contributed by atoms with Gasteiger partial charge in [-0.25, -0.2) is 4.79 Å². The number of thiophene rings is 1. The number of nitrogens with one attached hydrogen (secondary N) is 1. The van der Waals surface area contributed by atoms with E-state index in [1.54, 1.807) is 23.6 Å². The number of thioether (sulfide) groups is 1. The van der Waals surface area contributed by atoms with E-state index in [1.165, 1.54) is 30.0 Å². The lowest BCUT2D eigenvalue weighted by Gasteiger charge is -2.14. The number of nitriles is 1. The fraction of sp³-hybridized carbons (Fsp3) is 0.235. The Morgan fingerprint density at radius 2 is 2.12 bits per heavy atom. The average molecular weight is 360 g/mol. The van der Waals surface area contributed by atoms with E-state index in [4.69, 9.17) is 10.00 Å². The van der Waals surface area contributed by atoms with Gasteiger partial charge >= 0.3 is 5.97 Å². The van der Waals surface area contributed by atoms with Crippen molar-refractivity contribution in [3.05, 3.63) is 46.8 Å². The van der Waals surface area contributed by atoms with Crippen molar-refractivity contribution in [2.75, 3.05) is 11.1 Å². The second-order valence-electron chi connectivity index (χ2n) is 4.74. The first kappa shape index (κ1) is 18.0. The summed E-state index contributed by atoms with van der Waals surface area (Å²) < 4.78 is 5.26. The summed E-state index contributed by atoms with van der Waals surface area (Å²) in [5.41, 5.74) is 0.828. The Hall–Kier alpha value is -2.30. The van der Waals surface area contributed by atoms with Crippen LogP contribution in [0.3, 0.4) is 0 Å². The van der Waals surface area contributed by atoms with Crippen molar-refractivity contribution in [1.29, 1.82) is 5.26 Å². The van der Waals surface area contributed by atoms with Gasteiger partial charge in [0.2, 0.25) is 0 Å². The maximum absolute atomic E-state index is 12.3. The summed E-state index contributed by atoms with van der Waals surface area (Å²) in [4.78, 5) is 25.3. The molecule has 1 aromatic heterocycles. The average Bonchev–Trinajstić information content (AvgIpc) is 3.02. The van der Waals surface area contributed by atoms with Crippen molar-refractivity contribution in [3.63, 3.8) is 0 Å². The first-order valence-corrected chi connectivity index (χ1v) is 9.14. The molecule has 24 heavy (non-hydrogen) atoms. The lowest BCUT2D eigenvalue weighted by molar-refractivity contribution is -0.123. The van der Waals surface area contributed by atoms with Crippen LogP contribution in [0.5, 0.6) is 0 Å². The summed E-state index contributed by atoms with van der Waals surface area (Å²) in [5.74, 6) is -0.181. The number of carbonyl (C=O) groups excluding carboxylic acids is 2. The van der Waals surface area contributed by atoms with Crippen LogP contribution in [0, 0.1) is 11.3 Å². The molecule has 124 valence electrons. The second-order valence-corrected chi connectivity index (χ2v) is 6.96. The van der Waals surface area contributed by atoms with E-state index in [2.05, 4.69) is 5.32 Å². The molecular formula is C17H16N2O3S2. The van der Waals surface area contributed by atoms with Crippen LogP contribution in [0.25, 0.3) is 0 Å². The molecule has 0 saturated heterocycles. The Morgan fingerprint density at radius 1 is 1.38 bits per heavy atom. The SMILES string of the molecule is CCSc1ccccc1C(=O)O[C@H](C)C(=O)Nc1sccc1C#N. The number of rotatable bonds is 6. The zero-order valence-corrected chi connectivity index (χ0v) is 14.9. The molecular weight excluding hydrogens is 344 g/mol. The van der Waals surface area contributed by atoms with E-state index in [0.717, 1.165) is 10.6 Å². The smallest absolute Gasteiger partial charge is 0.340 e. The van der Waals surface area contributed by atoms with E-state index < -0.39 is 18.0 Å². The summed E-state index contributed by atoms with van der Waals surface area (Å²) >= 11 is 2.78. The molecule has 7 heteroatoms. The van der Waals surface area contributed by atoms with Gasteiger partial charge in [-0.1, -0.05) is 19.1 Å². The molecule has 0 fully saturated rings. The molecule has 1 atom stereocenters. The summed E-state index contributed by atoms with van der Waals surface area (Å²) in [6, 6.07) is 10.7. The van der Waals surface area contributed by atoms with Crippen LogP contribution in [0.4, 0.5) is 5.00 Å². The van der Waals surface area contributed by atoms with Gasteiger partial charge in [0, 0.05) is 4.90 Å². The van der Waals surface area contributed by atoms with Crippen molar-refractivity contribution in [2.45, 2.75) is 24.8 Å². The van der Waals surface area contributed by atoms with Crippen molar-refractivity contribution in [1.82, 2.24) is 0 Å². The minimum Gasteiger partial charge on any atom is -0.449 e. The first-order valence-electron chi connectivity index (χ1n) is 7.28. The quantitative estimate of drug-likeness (QED) is 0.624. The Kier molecular flexibility index (Phi) is 6.41. The molecule has 0 aliphatic heterocycles. The fourth-order valence-corrected chi connectivity index (χ4v) is 3.43. The summed E-state index contributed by atoms with van der Waals surface area (Å²) in [5, 5.41) is 13.7. The first-order chi connectivity index (χ1) is 11.6. The highest BCUT2D eigenvalue weighted by atomic mass is 32.2. The molecule has 1 aromatic carbocycles. The zero-order chi connectivity index (χ0) is 17.5. The number of nitrogens with zero attached hydrogens (tertiary/aromatic N) is 1. The molecule has 0 radical (unpaired) electrons. The van der Waals surface area contributed by atoms with Crippen LogP contribution in [-0.4, -0.2) is 23.7 Å². The van der Waals surface area contributed by atoms with E-state index in [1.807, 2.05) is 25.1 Å².